The number of carbonyl (C=O) groups is 1. The SMILES string of the molecule is C[C@H]1C[C@H]1n1cccc(C(=O)O)c1=O. The van der Waals surface area contributed by atoms with Gasteiger partial charge in [0.25, 0.3) is 5.56 Å². The molecule has 0 spiro atoms. The molecule has 4 nitrogen and oxygen atoms in total. The van der Waals surface area contributed by atoms with Crippen molar-refractivity contribution < 1.29 is 9.90 Å². The van der Waals surface area contributed by atoms with E-state index in [4.69, 9.17) is 5.11 Å². The van der Waals surface area contributed by atoms with E-state index in [1.54, 1.807) is 12.3 Å². The molecule has 0 amide bonds. The second-order valence-electron chi connectivity index (χ2n) is 3.72. The Labute approximate surface area is 80.8 Å². The molecule has 14 heavy (non-hydrogen) atoms. The van der Waals surface area contributed by atoms with Crippen molar-refractivity contribution in [3.05, 3.63) is 34.2 Å². The number of aromatic nitrogens is 1. The summed E-state index contributed by atoms with van der Waals surface area (Å²) in [5, 5.41) is 8.74. The summed E-state index contributed by atoms with van der Waals surface area (Å²) in [6.45, 7) is 2.05. The van der Waals surface area contributed by atoms with Crippen LogP contribution in [0.3, 0.4) is 0 Å². The number of hydrogen-bond acceptors (Lipinski definition) is 2. The zero-order chi connectivity index (χ0) is 10.3. The molecule has 0 saturated heterocycles. The highest BCUT2D eigenvalue weighted by Crippen LogP contribution is 2.41. The molecule has 1 aromatic heterocycles. The minimum atomic E-state index is -1.15. The van der Waals surface area contributed by atoms with Crippen LogP contribution in [-0.2, 0) is 0 Å². The predicted octanol–water partition coefficient (Wildman–Crippen LogP) is 1.13. The third-order valence-electron chi connectivity index (χ3n) is 2.63. The van der Waals surface area contributed by atoms with E-state index in [1.165, 1.54) is 10.6 Å². The van der Waals surface area contributed by atoms with Crippen LogP contribution >= 0.6 is 0 Å². The largest absolute Gasteiger partial charge is 0.477 e. The Morgan fingerprint density at radius 1 is 1.64 bits per heavy atom. The molecule has 74 valence electrons. The number of rotatable bonds is 2. The van der Waals surface area contributed by atoms with E-state index in [9.17, 15) is 9.59 Å². The molecule has 1 aliphatic carbocycles. The van der Waals surface area contributed by atoms with E-state index in [-0.39, 0.29) is 11.6 Å². The van der Waals surface area contributed by atoms with E-state index < -0.39 is 11.5 Å². The van der Waals surface area contributed by atoms with E-state index >= 15 is 0 Å². The summed E-state index contributed by atoms with van der Waals surface area (Å²) in [4.78, 5) is 22.3. The maximum atomic E-state index is 11.6. The van der Waals surface area contributed by atoms with Gasteiger partial charge in [-0.25, -0.2) is 4.79 Å². The minimum Gasteiger partial charge on any atom is -0.477 e. The predicted molar refractivity (Wildman–Crippen MR) is 50.5 cm³/mol. The average molecular weight is 193 g/mol. The van der Waals surface area contributed by atoms with Gasteiger partial charge in [-0.1, -0.05) is 6.92 Å². The van der Waals surface area contributed by atoms with Gasteiger partial charge in [-0.05, 0) is 24.5 Å². The van der Waals surface area contributed by atoms with Crippen molar-refractivity contribution in [1.29, 1.82) is 0 Å². The van der Waals surface area contributed by atoms with E-state index in [2.05, 4.69) is 0 Å². The first kappa shape index (κ1) is 8.99. The fraction of sp³-hybridized carbons (Fsp3) is 0.400. The van der Waals surface area contributed by atoms with Gasteiger partial charge in [0.1, 0.15) is 5.56 Å². The monoisotopic (exact) mass is 193 g/mol. The number of pyridine rings is 1. The molecule has 0 unspecified atom stereocenters. The maximum Gasteiger partial charge on any atom is 0.341 e. The second-order valence-corrected chi connectivity index (χ2v) is 3.72. The molecule has 1 heterocycles. The maximum absolute atomic E-state index is 11.6. The molecule has 1 N–H and O–H groups in total. The van der Waals surface area contributed by atoms with Crippen LogP contribution in [0.1, 0.15) is 29.7 Å². The van der Waals surface area contributed by atoms with Gasteiger partial charge in [0, 0.05) is 12.2 Å². The van der Waals surface area contributed by atoms with Crippen LogP contribution in [0.2, 0.25) is 0 Å². The van der Waals surface area contributed by atoms with E-state index in [0.29, 0.717) is 5.92 Å². The normalized spacial score (nSPS) is 24.6. The average Bonchev–Trinajstić information content (AvgIpc) is 2.82. The van der Waals surface area contributed by atoms with Gasteiger partial charge < -0.3 is 9.67 Å². The zero-order valence-corrected chi connectivity index (χ0v) is 7.80. The lowest BCUT2D eigenvalue weighted by Crippen LogP contribution is -2.25. The summed E-state index contributed by atoms with van der Waals surface area (Å²) in [7, 11) is 0. The van der Waals surface area contributed by atoms with Crippen LogP contribution in [-0.4, -0.2) is 15.6 Å². The van der Waals surface area contributed by atoms with Crippen molar-refractivity contribution in [1.82, 2.24) is 4.57 Å². The van der Waals surface area contributed by atoms with Crippen LogP contribution in [0, 0.1) is 5.92 Å². The molecular formula is C10H11NO3. The van der Waals surface area contributed by atoms with Crippen LogP contribution in [0.25, 0.3) is 0 Å². The molecule has 4 heteroatoms. The summed E-state index contributed by atoms with van der Waals surface area (Å²) in [5.74, 6) is -0.672. The van der Waals surface area contributed by atoms with Gasteiger partial charge >= 0.3 is 5.97 Å². The highest BCUT2D eigenvalue weighted by molar-refractivity contribution is 5.86. The number of carboxylic acid groups (broad SMARTS) is 1. The molecule has 1 aromatic rings. The first-order valence-corrected chi connectivity index (χ1v) is 4.55. The van der Waals surface area contributed by atoms with Gasteiger partial charge in [-0.15, -0.1) is 0 Å². The number of nitrogens with zero attached hydrogens (tertiary/aromatic N) is 1. The lowest BCUT2D eigenvalue weighted by Gasteiger charge is -2.03. The fourth-order valence-corrected chi connectivity index (χ4v) is 1.62. The Bertz CT molecular complexity index is 435. The first-order valence-electron chi connectivity index (χ1n) is 4.55. The minimum absolute atomic E-state index is 0.147. The fourth-order valence-electron chi connectivity index (χ4n) is 1.62. The van der Waals surface area contributed by atoms with Crippen molar-refractivity contribution in [3.63, 3.8) is 0 Å². The Morgan fingerprint density at radius 3 is 2.79 bits per heavy atom. The summed E-state index contributed by atoms with van der Waals surface area (Å²) in [5.41, 5.74) is -0.541. The van der Waals surface area contributed by atoms with Gasteiger partial charge in [0.05, 0.1) is 0 Å². The van der Waals surface area contributed by atoms with Gasteiger partial charge in [0.15, 0.2) is 0 Å². The standard InChI is InChI=1S/C10H11NO3/c1-6-5-8(6)11-4-2-3-7(9(11)12)10(13)14/h2-4,6,8H,5H2,1H3,(H,13,14)/t6-,8+/m0/s1. The Morgan fingerprint density at radius 2 is 2.29 bits per heavy atom. The van der Waals surface area contributed by atoms with Crippen molar-refractivity contribution in [2.75, 3.05) is 0 Å². The number of aromatic carboxylic acids is 1. The van der Waals surface area contributed by atoms with Crippen LogP contribution in [0.4, 0.5) is 0 Å². The lowest BCUT2D eigenvalue weighted by molar-refractivity contribution is 0.0694. The molecule has 1 aliphatic rings. The summed E-state index contributed by atoms with van der Waals surface area (Å²) < 4.78 is 1.52. The Balaban J connectivity index is 2.48. The van der Waals surface area contributed by atoms with Gasteiger partial charge in [-0.3, -0.25) is 4.79 Å². The molecular weight excluding hydrogens is 182 g/mol. The lowest BCUT2D eigenvalue weighted by atomic mass is 10.3. The number of hydrogen-bond donors (Lipinski definition) is 1. The molecule has 2 rings (SSSR count). The summed E-state index contributed by atoms with van der Waals surface area (Å²) >= 11 is 0. The highest BCUT2D eigenvalue weighted by atomic mass is 16.4. The van der Waals surface area contributed by atoms with Crippen molar-refractivity contribution in [3.8, 4) is 0 Å². The van der Waals surface area contributed by atoms with E-state index in [1.807, 2.05) is 6.92 Å². The molecule has 1 fully saturated rings. The third-order valence-corrected chi connectivity index (χ3v) is 2.63. The molecule has 0 aromatic carbocycles. The Hall–Kier alpha value is -1.58. The summed E-state index contributed by atoms with van der Waals surface area (Å²) in [6, 6.07) is 3.14. The molecule has 1 saturated carbocycles. The van der Waals surface area contributed by atoms with Crippen LogP contribution < -0.4 is 5.56 Å². The third kappa shape index (κ3) is 1.32. The molecule has 2 atom stereocenters. The van der Waals surface area contributed by atoms with Crippen molar-refractivity contribution >= 4 is 5.97 Å². The van der Waals surface area contributed by atoms with Gasteiger partial charge in [-0.2, -0.15) is 0 Å². The van der Waals surface area contributed by atoms with Crippen molar-refractivity contribution in [2.24, 2.45) is 5.92 Å². The van der Waals surface area contributed by atoms with Crippen LogP contribution in [0.5, 0.6) is 0 Å². The quantitative estimate of drug-likeness (QED) is 0.765. The molecule has 0 bridgehead atoms. The zero-order valence-electron chi connectivity index (χ0n) is 7.80. The van der Waals surface area contributed by atoms with Crippen molar-refractivity contribution in [2.45, 2.75) is 19.4 Å². The second kappa shape index (κ2) is 2.97. The molecule has 0 radical (unpaired) electrons. The highest BCUT2D eigenvalue weighted by Gasteiger charge is 2.35. The van der Waals surface area contributed by atoms with Gasteiger partial charge in [0.2, 0.25) is 0 Å². The van der Waals surface area contributed by atoms with Crippen LogP contribution in [0.15, 0.2) is 23.1 Å². The smallest absolute Gasteiger partial charge is 0.341 e. The topological polar surface area (TPSA) is 59.3 Å². The first-order chi connectivity index (χ1) is 6.61. The Kier molecular flexibility index (Phi) is 1.91. The number of carboxylic acids is 1. The van der Waals surface area contributed by atoms with E-state index in [0.717, 1.165) is 6.42 Å². The molecule has 0 aliphatic heterocycles. The summed E-state index contributed by atoms with van der Waals surface area (Å²) in [6.07, 6.45) is 2.62.